The predicted molar refractivity (Wildman–Crippen MR) is 113 cm³/mol. The number of anilines is 1. The van der Waals surface area contributed by atoms with Crippen LogP contribution in [0.4, 0.5) is 5.69 Å². The average Bonchev–Trinajstić information content (AvgIpc) is 2.91. The fourth-order valence-electron chi connectivity index (χ4n) is 3.16. The molecule has 28 heavy (non-hydrogen) atoms. The predicted octanol–water partition coefficient (Wildman–Crippen LogP) is 4.12. The van der Waals surface area contributed by atoms with Crippen molar-refractivity contribution < 1.29 is 16.8 Å². The summed E-state index contributed by atoms with van der Waals surface area (Å²) in [6.45, 7) is 2.92. The van der Waals surface area contributed by atoms with Crippen molar-refractivity contribution in [2.24, 2.45) is 0 Å². The third-order valence-corrected chi connectivity index (χ3v) is 8.96. The number of sulfonamides is 2. The van der Waals surface area contributed by atoms with Gasteiger partial charge in [-0.3, -0.25) is 4.72 Å². The Balaban J connectivity index is 1.80. The van der Waals surface area contributed by atoms with Gasteiger partial charge in [0.2, 0.25) is 10.0 Å². The van der Waals surface area contributed by atoms with Gasteiger partial charge in [0.05, 0.1) is 4.90 Å². The molecule has 0 amide bonds. The topological polar surface area (TPSA) is 83.5 Å². The van der Waals surface area contributed by atoms with Crippen molar-refractivity contribution in [2.75, 3.05) is 17.8 Å². The van der Waals surface area contributed by atoms with Gasteiger partial charge in [-0.2, -0.15) is 4.31 Å². The molecule has 0 bridgehead atoms. The first-order chi connectivity index (χ1) is 13.2. The Morgan fingerprint density at radius 3 is 2.07 bits per heavy atom. The standard InChI is InChI=1S/C19H23BrN2O4S2/c1-15-6-11-19(18(20)14-15)27(23,24)21-16-7-9-17(10-8-16)28(25,26)22-12-4-2-3-5-13-22/h6-11,14,21H,2-5,12-13H2,1H3. The Morgan fingerprint density at radius 2 is 1.50 bits per heavy atom. The van der Waals surface area contributed by atoms with Crippen molar-refractivity contribution in [1.82, 2.24) is 4.31 Å². The van der Waals surface area contributed by atoms with Gasteiger partial charge in [0.25, 0.3) is 10.0 Å². The highest BCUT2D eigenvalue weighted by Crippen LogP contribution is 2.26. The lowest BCUT2D eigenvalue weighted by atomic mass is 10.2. The van der Waals surface area contributed by atoms with Crippen molar-refractivity contribution in [3.63, 3.8) is 0 Å². The van der Waals surface area contributed by atoms with Gasteiger partial charge in [-0.1, -0.05) is 18.9 Å². The molecule has 0 atom stereocenters. The zero-order chi connectivity index (χ0) is 20.4. The van der Waals surface area contributed by atoms with Crippen molar-refractivity contribution >= 4 is 41.7 Å². The van der Waals surface area contributed by atoms with Crippen LogP contribution in [0.15, 0.2) is 56.7 Å². The highest BCUT2D eigenvalue weighted by Gasteiger charge is 2.25. The number of rotatable bonds is 5. The molecule has 0 saturated carbocycles. The highest BCUT2D eigenvalue weighted by molar-refractivity contribution is 9.10. The van der Waals surface area contributed by atoms with Crippen LogP contribution < -0.4 is 4.72 Å². The Morgan fingerprint density at radius 1 is 0.893 bits per heavy atom. The maximum atomic E-state index is 12.8. The summed E-state index contributed by atoms with van der Waals surface area (Å²) in [6, 6.07) is 10.8. The largest absolute Gasteiger partial charge is 0.280 e. The van der Waals surface area contributed by atoms with Gasteiger partial charge >= 0.3 is 0 Å². The molecule has 1 N–H and O–H groups in total. The van der Waals surface area contributed by atoms with E-state index in [-0.39, 0.29) is 9.79 Å². The molecular weight excluding hydrogens is 464 g/mol. The molecule has 0 radical (unpaired) electrons. The summed E-state index contributed by atoms with van der Waals surface area (Å²) < 4.78 is 55.4. The molecule has 6 nitrogen and oxygen atoms in total. The number of nitrogens with one attached hydrogen (secondary N) is 1. The summed E-state index contributed by atoms with van der Waals surface area (Å²) in [7, 11) is -7.35. The third-order valence-electron chi connectivity index (χ3n) is 4.69. The molecule has 2 aromatic rings. The van der Waals surface area contributed by atoms with Gasteiger partial charge in [0.1, 0.15) is 4.90 Å². The second-order valence-electron chi connectivity index (χ2n) is 6.88. The molecular formula is C19H23BrN2O4S2. The first kappa shape index (κ1) is 21.3. The minimum absolute atomic E-state index is 0.124. The zero-order valence-corrected chi connectivity index (χ0v) is 18.8. The van der Waals surface area contributed by atoms with Gasteiger partial charge in [0.15, 0.2) is 0 Å². The van der Waals surface area contributed by atoms with Crippen LogP contribution in [0.25, 0.3) is 0 Å². The number of hydrogen-bond acceptors (Lipinski definition) is 4. The molecule has 1 heterocycles. The van der Waals surface area contributed by atoms with Crippen LogP contribution in [0.1, 0.15) is 31.2 Å². The number of benzene rings is 2. The van der Waals surface area contributed by atoms with Gasteiger partial charge in [-0.05, 0) is 77.7 Å². The Hall–Kier alpha value is -1.42. The lowest BCUT2D eigenvalue weighted by molar-refractivity contribution is 0.424. The number of nitrogens with zero attached hydrogens (tertiary/aromatic N) is 1. The molecule has 0 unspecified atom stereocenters. The molecule has 0 aliphatic carbocycles. The average molecular weight is 487 g/mol. The fraction of sp³-hybridized carbons (Fsp3) is 0.368. The maximum absolute atomic E-state index is 12.8. The van der Waals surface area contributed by atoms with Gasteiger partial charge < -0.3 is 0 Å². The van der Waals surface area contributed by atoms with Crippen molar-refractivity contribution in [3.05, 3.63) is 52.5 Å². The molecule has 9 heteroatoms. The lowest BCUT2D eigenvalue weighted by Crippen LogP contribution is -2.31. The fourth-order valence-corrected chi connectivity index (χ4v) is 6.93. The summed E-state index contributed by atoms with van der Waals surface area (Å²) in [6.07, 6.45) is 3.81. The van der Waals surface area contributed by atoms with Crippen LogP contribution in [0.5, 0.6) is 0 Å². The minimum Gasteiger partial charge on any atom is -0.280 e. The third kappa shape index (κ3) is 4.76. The van der Waals surface area contributed by atoms with E-state index in [2.05, 4.69) is 20.7 Å². The Bertz CT molecular complexity index is 1040. The van der Waals surface area contributed by atoms with E-state index in [9.17, 15) is 16.8 Å². The Kier molecular flexibility index (Phi) is 6.48. The van der Waals surface area contributed by atoms with E-state index in [1.165, 1.54) is 34.6 Å². The van der Waals surface area contributed by atoms with E-state index < -0.39 is 20.0 Å². The molecule has 1 saturated heterocycles. The summed E-state index contributed by atoms with van der Waals surface area (Å²) in [5.74, 6) is 0. The molecule has 1 aliphatic heterocycles. The molecule has 3 rings (SSSR count). The van der Waals surface area contributed by atoms with Crippen LogP contribution >= 0.6 is 15.9 Å². The SMILES string of the molecule is Cc1ccc(S(=O)(=O)Nc2ccc(S(=O)(=O)N3CCCCCC3)cc2)c(Br)c1. The second-order valence-corrected chi connectivity index (χ2v) is 11.3. The summed E-state index contributed by atoms with van der Waals surface area (Å²) >= 11 is 3.28. The molecule has 2 aromatic carbocycles. The van der Waals surface area contributed by atoms with Crippen LogP contribution in [0, 0.1) is 6.92 Å². The van der Waals surface area contributed by atoms with Crippen molar-refractivity contribution in [1.29, 1.82) is 0 Å². The van der Waals surface area contributed by atoms with Crippen LogP contribution in [-0.4, -0.2) is 34.2 Å². The van der Waals surface area contributed by atoms with E-state index in [0.29, 0.717) is 23.2 Å². The lowest BCUT2D eigenvalue weighted by Gasteiger charge is -2.20. The minimum atomic E-state index is -3.79. The number of halogens is 1. The normalized spacial score (nSPS) is 16.5. The molecule has 0 spiro atoms. The van der Waals surface area contributed by atoms with E-state index in [4.69, 9.17) is 0 Å². The summed E-state index contributed by atoms with van der Waals surface area (Å²) in [5.41, 5.74) is 1.25. The zero-order valence-electron chi connectivity index (χ0n) is 15.6. The monoisotopic (exact) mass is 486 g/mol. The first-order valence-electron chi connectivity index (χ1n) is 9.09. The van der Waals surface area contributed by atoms with Crippen molar-refractivity contribution in [2.45, 2.75) is 42.4 Å². The molecule has 152 valence electrons. The van der Waals surface area contributed by atoms with Gasteiger partial charge in [0, 0.05) is 23.2 Å². The first-order valence-corrected chi connectivity index (χ1v) is 12.8. The van der Waals surface area contributed by atoms with E-state index in [0.717, 1.165) is 31.2 Å². The maximum Gasteiger partial charge on any atom is 0.263 e. The quantitative estimate of drug-likeness (QED) is 0.688. The van der Waals surface area contributed by atoms with Gasteiger partial charge in [-0.15, -0.1) is 0 Å². The molecule has 0 aromatic heterocycles. The highest BCUT2D eigenvalue weighted by atomic mass is 79.9. The van der Waals surface area contributed by atoms with E-state index in [1.54, 1.807) is 12.1 Å². The summed E-state index contributed by atoms with van der Waals surface area (Å²) in [5, 5.41) is 0. The molecule has 1 fully saturated rings. The molecule has 1 aliphatic rings. The van der Waals surface area contributed by atoms with E-state index >= 15 is 0 Å². The number of hydrogen-bond donors (Lipinski definition) is 1. The summed E-state index contributed by atoms with van der Waals surface area (Å²) in [4.78, 5) is 0.299. The van der Waals surface area contributed by atoms with Crippen LogP contribution in [0.2, 0.25) is 0 Å². The second kappa shape index (κ2) is 8.52. The number of aryl methyl sites for hydroxylation is 1. The van der Waals surface area contributed by atoms with Crippen LogP contribution in [-0.2, 0) is 20.0 Å². The van der Waals surface area contributed by atoms with Crippen LogP contribution in [0.3, 0.4) is 0 Å². The van der Waals surface area contributed by atoms with E-state index in [1.807, 2.05) is 6.92 Å². The van der Waals surface area contributed by atoms with Gasteiger partial charge in [-0.25, -0.2) is 16.8 Å². The Labute approximate surface area is 175 Å². The smallest absolute Gasteiger partial charge is 0.263 e. The van der Waals surface area contributed by atoms with Crippen molar-refractivity contribution in [3.8, 4) is 0 Å².